The van der Waals surface area contributed by atoms with Gasteiger partial charge in [-0.2, -0.15) is 0 Å². The highest BCUT2D eigenvalue weighted by Gasteiger charge is 2.16. The smallest absolute Gasteiger partial charge is 0.104 e. The minimum absolute atomic E-state index is 0.434. The summed E-state index contributed by atoms with van der Waals surface area (Å²) >= 11 is 8.70. The molecule has 0 unspecified atom stereocenters. The normalized spacial score (nSPS) is 14.4. The fourth-order valence-corrected chi connectivity index (χ4v) is 3.58. The number of nitrogens with zero attached hydrogens (tertiary/aromatic N) is 1. The van der Waals surface area contributed by atoms with Crippen LogP contribution in [0.5, 0.6) is 0 Å². The topological polar surface area (TPSA) is 29.3 Å². The summed E-state index contributed by atoms with van der Waals surface area (Å²) in [6.45, 7) is 2.00. The molecule has 0 fully saturated rings. The average Bonchev–Trinajstić information content (AvgIpc) is 2.69. The molecule has 0 aliphatic carbocycles. The molecule has 0 atom stereocenters. The molecule has 0 radical (unpaired) electrons. The molecule has 2 aromatic carbocycles. The lowest BCUT2D eigenvalue weighted by Gasteiger charge is -2.25. The van der Waals surface area contributed by atoms with Gasteiger partial charge in [-0.05, 0) is 58.1 Å². The summed E-state index contributed by atoms with van der Waals surface area (Å²) in [7, 11) is 0. The number of hydrogen-bond donors (Lipinski definition) is 1. The quantitative estimate of drug-likeness (QED) is 0.819. The standard InChI is InChI=1S/C17H17BrN2S/c18-15-10-13(17(19)21)7-8-16(15)20-9-3-6-12-4-1-2-5-14(12)11-20/h1-2,4-5,7-8,10H,3,6,9,11H2,(H2,19,21). The molecule has 1 aliphatic rings. The third-order valence-electron chi connectivity index (χ3n) is 3.93. The first kappa shape index (κ1) is 14.5. The van der Waals surface area contributed by atoms with E-state index in [1.54, 1.807) is 0 Å². The highest BCUT2D eigenvalue weighted by molar-refractivity contribution is 9.10. The van der Waals surface area contributed by atoms with Crippen molar-refractivity contribution in [2.24, 2.45) is 5.73 Å². The third-order valence-corrected chi connectivity index (χ3v) is 4.80. The minimum Gasteiger partial charge on any atom is -0.389 e. The summed E-state index contributed by atoms with van der Waals surface area (Å²) in [5.41, 5.74) is 10.7. The Hall–Kier alpha value is -1.39. The zero-order chi connectivity index (χ0) is 14.8. The number of halogens is 1. The van der Waals surface area contributed by atoms with Gasteiger partial charge in [0.1, 0.15) is 4.99 Å². The van der Waals surface area contributed by atoms with Crippen LogP contribution in [0.15, 0.2) is 46.9 Å². The van der Waals surface area contributed by atoms with Gasteiger partial charge in [-0.1, -0.05) is 36.5 Å². The van der Waals surface area contributed by atoms with E-state index in [1.807, 2.05) is 12.1 Å². The maximum atomic E-state index is 5.70. The first-order valence-electron chi connectivity index (χ1n) is 7.06. The molecular formula is C17H17BrN2S. The van der Waals surface area contributed by atoms with E-state index < -0.39 is 0 Å². The predicted molar refractivity (Wildman–Crippen MR) is 95.8 cm³/mol. The molecule has 2 N–H and O–H groups in total. The van der Waals surface area contributed by atoms with Gasteiger partial charge in [-0.15, -0.1) is 0 Å². The fourth-order valence-electron chi connectivity index (χ4n) is 2.82. The van der Waals surface area contributed by atoms with Crippen LogP contribution >= 0.6 is 28.1 Å². The molecule has 108 valence electrons. The van der Waals surface area contributed by atoms with Crippen molar-refractivity contribution in [2.75, 3.05) is 11.4 Å². The van der Waals surface area contributed by atoms with Gasteiger partial charge < -0.3 is 10.6 Å². The largest absolute Gasteiger partial charge is 0.389 e. The van der Waals surface area contributed by atoms with E-state index in [9.17, 15) is 0 Å². The average molecular weight is 361 g/mol. The Morgan fingerprint density at radius 2 is 1.90 bits per heavy atom. The van der Waals surface area contributed by atoms with Crippen LogP contribution in [0.25, 0.3) is 0 Å². The predicted octanol–water partition coefficient (Wildman–Crippen LogP) is 4.04. The van der Waals surface area contributed by atoms with Crippen molar-refractivity contribution in [3.05, 3.63) is 63.6 Å². The van der Waals surface area contributed by atoms with Gasteiger partial charge >= 0.3 is 0 Å². The van der Waals surface area contributed by atoms with Gasteiger partial charge in [0.25, 0.3) is 0 Å². The zero-order valence-electron chi connectivity index (χ0n) is 11.7. The summed E-state index contributed by atoms with van der Waals surface area (Å²) in [5.74, 6) is 0. The van der Waals surface area contributed by atoms with Crippen molar-refractivity contribution in [2.45, 2.75) is 19.4 Å². The molecule has 21 heavy (non-hydrogen) atoms. The molecule has 0 spiro atoms. The summed E-state index contributed by atoms with van der Waals surface area (Å²) < 4.78 is 1.05. The van der Waals surface area contributed by atoms with Crippen molar-refractivity contribution in [3.8, 4) is 0 Å². The Bertz CT molecular complexity index is 684. The Balaban J connectivity index is 1.92. The molecule has 0 amide bonds. The Morgan fingerprint density at radius 3 is 2.62 bits per heavy atom. The number of rotatable bonds is 2. The van der Waals surface area contributed by atoms with E-state index in [2.05, 4.69) is 51.2 Å². The second-order valence-electron chi connectivity index (χ2n) is 5.32. The van der Waals surface area contributed by atoms with Crippen molar-refractivity contribution in [1.82, 2.24) is 0 Å². The van der Waals surface area contributed by atoms with E-state index >= 15 is 0 Å². The molecule has 0 aromatic heterocycles. The molecule has 0 saturated heterocycles. The highest BCUT2D eigenvalue weighted by Crippen LogP contribution is 2.31. The molecule has 3 rings (SSSR count). The highest BCUT2D eigenvalue weighted by atomic mass is 79.9. The van der Waals surface area contributed by atoms with Crippen LogP contribution in [0.2, 0.25) is 0 Å². The molecule has 1 aliphatic heterocycles. The van der Waals surface area contributed by atoms with Gasteiger partial charge in [0.15, 0.2) is 0 Å². The molecule has 1 heterocycles. The van der Waals surface area contributed by atoms with Gasteiger partial charge in [0.2, 0.25) is 0 Å². The van der Waals surface area contributed by atoms with Crippen molar-refractivity contribution in [3.63, 3.8) is 0 Å². The molecule has 0 bridgehead atoms. The van der Waals surface area contributed by atoms with Crippen molar-refractivity contribution >= 4 is 38.8 Å². The number of fused-ring (bicyclic) bond motifs is 1. The lowest BCUT2D eigenvalue weighted by Crippen LogP contribution is -2.23. The number of anilines is 1. The molecular weight excluding hydrogens is 344 g/mol. The van der Waals surface area contributed by atoms with Gasteiger partial charge in [-0.3, -0.25) is 0 Å². The molecule has 0 saturated carbocycles. The van der Waals surface area contributed by atoms with Crippen LogP contribution < -0.4 is 10.6 Å². The summed E-state index contributed by atoms with van der Waals surface area (Å²) in [6, 6.07) is 14.8. The fraction of sp³-hybridized carbons (Fsp3) is 0.235. The Morgan fingerprint density at radius 1 is 1.14 bits per heavy atom. The second-order valence-corrected chi connectivity index (χ2v) is 6.62. The van der Waals surface area contributed by atoms with Crippen LogP contribution in [0.1, 0.15) is 23.1 Å². The van der Waals surface area contributed by atoms with Crippen LogP contribution in [-0.4, -0.2) is 11.5 Å². The summed E-state index contributed by atoms with van der Waals surface area (Å²) in [4.78, 5) is 2.85. The van der Waals surface area contributed by atoms with E-state index in [-0.39, 0.29) is 0 Å². The number of thiocarbonyl (C=S) groups is 1. The van der Waals surface area contributed by atoms with E-state index in [4.69, 9.17) is 18.0 Å². The lowest BCUT2D eigenvalue weighted by molar-refractivity contribution is 0.764. The molecule has 2 aromatic rings. The van der Waals surface area contributed by atoms with Crippen LogP contribution in [0, 0.1) is 0 Å². The maximum absolute atomic E-state index is 5.70. The first-order valence-corrected chi connectivity index (χ1v) is 8.26. The second kappa shape index (κ2) is 6.16. The van der Waals surface area contributed by atoms with E-state index in [0.29, 0.717) is 4.99 Å². The van der Waals surface area contributed by atoms with Crippen LogP contribution in [0.4, 0.5) is 5.69 Å². The molecule has 4 heteroatoms. The van der Waals surface area contributed by atoms with Crippen molar-refractivity contribution in [1.29, 1.82) is 0 Å². The third kappa shape index (κ3) is 3.11. The SMILES string of the molecule is NC(=S)c1ccc(N2CCCc3ccccc3C2)c(Br)c1. The Kier molecular flexibility index (Phi) is 4.27. The maximum Gasteiger partial charge on any atom is 0.104 e. The minimum atomic E-state index is 0.434. The number of aryl methyl sites for hydroxylation is 1. The zero-order valence-corrected chi connectivity index (χ0v) is 14.1. The number of hydrogen-bond acceptors (Lipinski definition) is 2. The summed E-state index contributed by atoms with van der Waals surface area (Å²) in [5, 5.41) is 0. The monoisotopic (exact) mass is 360 g/mol. The Labute approximate surface area is 139 Å². The summed E-state index contributed by atoms with van der Waals surface area (Å²) in [6.07, 6.45) is 2.32. The number of benzene rings is 2. The van der Waals surface area contributed by atoms with Gasteiger partial charge in [-0.25, -0.2) is 0 Å². The van der Waals surface area contributed by atoms with E-state index in [1.165, 1.54) is 23.2 Å². The van der Waals surface area contributed by atoms with Crippen LogP contribution in [-0.2, 0) is 13.0 Å². The molecule has 2 nitrogen and oxygen atoms in total. The van der Waals surface area contributed by atoms with Gasteiger partial charge in [0.05, 0.1) is 5.69 Å². The van der Waals surface area contributed by atoms with Gasteiger partial charge in [0, 0.05) is 23.1 Å². The van der Waals surface area contributed by atoms with Crippen molar-refractivity contribution < 1.29 is 0 Å². The first-order chi connectivity index (χ1) is 10.1. The van der Waals surface area contributed by atoms with Crippen LogP contribution in [0.3, 0.4) is 0 Å². The number of nitrogens with two attached hydrogens (primary N) is 1. The lowest BCUT2D eigenvalue weighted by atomic mass is 10.0. The van der Waals surface area contributed by atoms with E-state index in [0.717, 1.165) is 29.5 Å².